The predicted molar refractivity (Wildman–Crippen MR) is 221 cm³/mol. The van der Waals surface area contributed by atoms with Gasteiger partial charge in [-0.05, 0) is 51.5 Å². The Morgan fingerprint density at radius 1 is 0.687 bits per heavy atom. The molecule has 4 fully saturated rings. The summed E-state index contributed by atoms with van der Waals surface area (Å²) in [6.45, 7) is 2.68. The molecule has 7 rings (SSSR count). The van der Waals surface area contributed by atoms with Crippen molar-refractivity contribution >= 4 is 11.0 Å². The number of aliphatic hydroxyl groups excluding tert-OH is 12. The number of benzene rings is 2. The Morgan fingerprint density at radius 3 is 1.88 bits per heavy atom. The third-order valence-electron chi connectivity index (χ3n) is 12.0. The van der Waals surface area contributed by atoms with Crippen molar-refractivity contribution < 1.29 is 114 Å². The zero-order valence-corrected chi connectivity index (χ0v) is 36.1. The highest BCUT2D eigenvalue weighted by Gasteiger charge is 2.53. The van der Waals surface area contributed by atoms with Crippen molar-refractivity contribution in [3.63, 3.8) is 0 Å². The van der Waals surface area contributed by atoms with Gasteiger partial charge in [0.05, 0.1) is 25.9 Å². The molecule has 0 amide bonds. The van der Waals surface area contributed by atoms with Crippen molar-refractivity contribution in [2.75, 3.05) is 19.8 Å². The summed E-state index contributed by atoms with van der Waals surface area (Å²) in [5.74, 6) is -2.33. The van der Waals surface area contributed by atoms with Crippen LogP contribution in [0, 0.1) is 0 Å². The summed E-state index contributed by atoms with van der Waals surface area (Å²) in [5, 5.41) is 148. The zero-order chi connectivity index (χ0) is 48.8. The first-order valence-electron chi connectivity index (χ1n) is 21.3. The Labute approximate surface area is 380 Å². The minimum absolute atomic E-state index is 0.0282. The standard InChI is InChI=1S/C43H56O24/c1-14(2)4-9-18-21(61-43-39(32(56)28(52)23(12-45)63-43)67-41-34(58)30(54)27(51)22(11-44)62-41)10-19(47)24-29(53)37(35(64-36(18)24)16-5-7-17(46)8-6-16)65-42-38(31(55)25(49)15(3)60-42)66-40-33(57)26(50)20(48)13-59-40/h4-8,10,15,20,22-23,25-28,30-34,38-52,54-58H,9,11-13H2,1-3H3/t15-,20-,22-,23+,25-,26-,27+,28+,30-,31-,32-,33-,34+,38+,39+,40+,41-,42-,43+/m0/s1. The van der Waals surface area contributed by atoms with Crippen LogP contribution in [0.15, 0.2) is 51.2 Å². The Bertz CT molecular complexity index is 2250. The van der Waals surface area contributed by atoms with E-state index in [1.54, 1.807) is 19.9 Å². The van der Waals surface area contributed by atoms with Crippen molar-refractivity contribution in [1.82, 2.24) is 0 Å². The first-order chi connectivity index (χ1) is 31.7. The first-order valence-corrected chi connectivity index (χ1v) is 21.3. The number of aliphatic hydroxyl groups is 12. The molecule has 67 heavy (non-hydrogen) atoms. The number of hydrogen-bond acceptors (Lipinski definition) is 24. The number of phenols is 2. The number of allylic oxidation sites excluding steroid dienone is 2. The van der Waals surface area contributed by atoms with Crippen molar-refractivity contribution in [2.24, 2.45) is 0 Å². The lowest BCUT2D eigenvalue weighted by Gasteiger charge is -2.45. The van der Waals surface area contributed by atoms with Gasteiger partial charge in [-0.15, -0.1) is 0 Å². The number of fused-ring (bicyclic) bond motifs is 1. The summed E-state index contributed by atoms with van der Waals surface area (Å²) in [4.78, 5) is 14.9. The van der Waals surface area contributed by atoms with E-state index in [1.165, 1.54) is 31.2 Å². The van der Waals surface area contributed by atoms with Crippen LogP contribution in [-0.2, 0) is 34.8 Å². The maximum atomic E-state index is 14.9. The van der Waals surface area contributed by atoms with E-state index in [1.807, 2.05) is 0 Å². The smallest absolute Gasteiger partial charge is 0.239 e. The lowest BCUT2D eigenvalue weighted by molar-refractivity contribution is -0.357. The van der Waals surface area contributed by atoms with Crippen LogP contribution in [0.2, 0.25) is 0 Å². The monoisotopic (exact) mass is 956 g/mol. The van der Waals surface area contributed by atoms with E-state index in [0.717, 1.165) is 11.6 Å². The molecule has 19 atom stereocenters. The lowest BCUT2D eigenvalue weighted by atomic mass is 9.97. The van der Waals surface area contributed by atoms with Gasteiger partial charge in [0, 0.05) is 17.2 Å². The van der Waals surface area contributed by atoms with Gasteiger partial charge in [0.15, 0.2) is 30.5 Å². The van der Waals surface area contributed by atoms with Gasteiger partial charge in [-0.3, -0.25) is 4.79 Å². The van der Waals surface area contributed by atoms with E-state index in [4.69, 9.17) is 42.3 Å². The van der Waals surface area contributed by atoms with Crippen molar-refractivity contribution in [1.29, 1.82) is 0 Å². The molecule has 372 valence electrons. The van der Waals surface area contributed by atoms with Crippen LogP contribution in [0.3, 0.4) is 0 Å². The molecule has 3 aromatic rings. The highest BCUT2D eigenvalue weighted by atomic mass is 16.8. The van der Waals surface area contributed by atoms with Crippen LogP contribution in [-0.4, -0.2) is 208 Å². The number of hydrogen-bond donors (Lipinski definition) is 14. The van der Waals surface area contributed by atoms with E-state index >= 15 is 0 Å². The van der Waals surface area contributed by atoms with Crippen LogP contribution < -0.4 is 14.9 Å². The molecule has 24 heteroatoms. The molecule has 4 saturated heterocycles. The SMILES string of the molecule is CC(C)=CCc1c(O[C@@H]2O[C@H](CO)[C@@H](O)[C@H](O)[C@H]2O[C@@H]2O[C@@H](CO)[C@@H](O)[C@H](O)[C@H]2O)cc(O)c2c(=O)c(O[C@@H]3O[C@@H](C)[C@H](O)[C@H](O)[C@H]3O[C@H]3OC[C@H](O)[C@H](O)[C@@H]3O)c(-c3ccc(O)cc3)oc12. The van der Waals surface area contributed by atoms with Gasteiger partial charge in [0.2, 0.25) is 23.8 Å². The summed E-state index contributed by atoms with van der Waals surface area (Å²) in [7, 11) is 0. The molecule has 0 spiro atoms. The summed E-state index contributed by atoms with van der Waals surface area (Å²) < 4.78 is 53.0. The molecule has 14 N–H and O–H groups in total. The molecule has 0 aliphatic carbocycles. The van der Waals surface area contributed by atoms with Gasteiger partial charge in [0.25, 0.3) is 0 Å². The van der Waals surface area contributed by atoms with Gasteiger partial charge in [0.1, 0.15) is 101 Å². The average molecular weight is 957 g/mol. The van der Waals surface area contributed by atoms with Crippen LogP contribution in [0.5, 0.6) is 23.0 Å². The summed E-state index contributed by atoms with van der Waals surface area (Å²) >= 11 is 0. The second-order valence-corrected chi connectivity index (χ2v) is 17.0. The van der Waals surface area contributed by atoms with Crippen molar-refractivity contribution in [2.45, 2.75) is 144 Å². The number of rotatable bonds is 13. The fourth-order valence-corrected chi connectivity index (χ4v) is 8.04. The van der Waals surface area contributed by atoms with E-state index in [2.05, 4.69) is 0 Å². The Balaban J connectivity index is 1.34. The normalized spacial score (nSPS) is 38.1. The molecular weight excluding hydrogens is 900 g/mol. The highest BCUT2D eigenvalue weighted by molar-refractivity contribution is 5.91. The van der Waals surface area contributed by atoms with Crippen LogP contribution in [0.1, 0.15) is 26.3 Å². The Morgan fingerprint density at radius 2 is 1.25 bits per heavy atom. The van der Waals surface area contributed by atoms with Crippen LogP contribution in [0.4, 0.5) is 0 Å². The minimum atomic E-state index is -1.98. The van der Waals surface area contributed by atoms with Gasteiger partial charge >= 0.3 is 0 Å². The zero-order valence-electron chi connectivity index (χ0n) is 36.1. The van der Waals surface area contributed by atoms with E-state index in [-0.39, 0.29) is 40.4 Å². The molecule has 4 aliphatic heterocycles. The van der Waals surface area contributed by atoms with E-state index in [0.29, 0.717) is 0 Å². The van der Waals surface area contributed by atoms with Gasteiger partial charge < -0.3 is 114 Å². The molecule has 24 nitrogen and oxygen atoms in total. The molecule has 0 radical (unpaired) electrons. The number of aromatic hydroxyl groups is 2. The van der Waals surface area contributed by atoms with Crippen molar-refractivity contribution in [3.8, 4) is 34.3 Å². The van der Waals surface area contributed by atoms with Crippen LogP contribution >= 0.6 is 0 Å². The van der Waals surface area contributed by atoms with E-state index < -0.39 is 159 Å². The predicted octanol–water partition coefficient (Wildman–Crippen LogP) is -3.95. The lowest BCUT2D eigenvalue weighted by Crippen LogP contribution is -2.65. The fourth-order valence-electron chi connectivity index (χ4n) is 8.04. The molecule has 5 heterocycles. The van der Waals surface area contributed by atoms with Crippen LogP contribution in [0.25, 0.3) is 22.3 Å². The maximum Gasteiger partial charge on any atom is 0.239 e. The first kappa shape index (κ1) is 50.7. The third kappa shape index (κ3) is 10.1. The molecule has 0 saturated carbocycles. The fraction of sp³-hybridized carbons (Fsp3) is 0.605. The Hall–Kier alpha value is -4.13. The Kier molecular flexibility index (Phi) is 15.8. The molecule has 0 bridgehead atoms. The van der Waals surface area contributed by atoms with Gasteiger partial charge in [-0.2, -0.15) is 0 Å². The van der Waals surface area contributed by atoms with E-state index in [9.17, 15) is 76.3 Å². The second kappa shape index (κ2) is 20.8. The average Bonchev–Trinajstić information content (AvgIpc) is 3.29. The number of phenolic OH excluding ortho intramolecular Hbond substituents is 2. The summed E-state index contributed by atoms with van der Waals surface area (Å²) in [6, 6.07) is 6.17. The minimum Gasteiger partial charge on any atom is -0.508 e. The largest absolute Gasteiger partial charge is 0.508 e. The van der Waals surface area contributed by atoms with Gasteiger partial charge in [-0.1, -0.05) is 11.6 Å². The van der Waals surface area contributed by atoms with Gasteiger partial charge in [-0.25, -0.2) is 0 Å². The molecule has 0 unspecified atom stereocenters. The molecule has 4 aliphatic rings. The quantitative estimate of drug-likeness (QED) is 0.0727. The topological polar surface area (TPSA) is 387 Å². The number of ether oxygens (including phenoxy) is 8. The van der Waals surface area contributed by atoms with Crippen molar-refractivity contribution in [3.05, 3.63) is 57.8 Å². The second-order valence-electron chi connectivity index (χ2n) is 17.0. The highest BCUT2D eigenvalue weighted by Crippen LogP contribution is 2.42. The third-order valence-corrected chi connectivity index (χ3v) is 12.0. The molecule has 1 aromatic heterocycles. The maximum absolute atomic E-state index is 14.9. The molecule has 2 aromatic carbocycles. The molecular formula is C43H56O24. The summed E-state index contributed by atoms with van der Waals surface area (Å²) in [5.41, 5.74) is -0.536. The summed E-state index contributed by atoms with van der Waals surface area (Å²) in [6.07, 6.45) is -31.6.